The minimum atomic E-state index is 0.533. The Labute approximate surface area is 198 Å². The predicted octanol–water partition coefficient (Wildman–Crippen LogP) is 5.05. The van der Waals surface area contributed by atoms with Crippen molar-refractivity contribution >= 4 is 23.0 Å². The molecule has 0 amide bonds. The molecule has 0 spiro atoms. The molecule has 5 nitrogen and oxygen atoms in total. The van der Waals surface area contributed by atoms with Gasteiger partial charge in [0.05, 0.1) is 26.0 Å². The summed E-state index contributed by atoms with van der Waals surface area (Å²) in [6.45, 7) is 12.9. The summed E-state index contributed by atoms with van der Waals surface area (Å²) in [5, 5.41) is 4.15. The zero-order valence-corrected chi connectivity index (χ0v) is 20.7. The van der Waals surface area contributed by atoms with Crippen LogP contribution in [0.15, 0.2) is 42.5 Å². The molecule has 6 heteroatoms. The quantitative estimate of drug-likeness (QED) is 0.534. The Morgan fingerprint density at radius 1 is 1.16 bits per heavy atom. The molecule has 1 saturated heterocycles. The summed E-state index contributed by atoms with van der Waals surface area (Å²) in [6.07, 6.45) is 1.05. The van der Waals surface area contributed by atoms with Gasteiger partial charge in [-0.2, -0.15) is 0 Å². The zero-order chi connectivity index (χ0) is 22.9. The monoisotopic (exact) mass is 455 g/mol. The number of anilines is 1. The number of hydrogen-bond acceptors (Lipinski definition) is 4. The Morgan fingerprint density at radius 3 is 2.53 bits per heavy atom. The lowest BCUT2D eigenvalue weighted by Crippen LogP contribution is -2.40. The largest absolute Gasteiger partial charge is 0.495 e. The van der Waals surface area contributed by atoms with Crippen LogP contribution in [0.25, 0.3) is 0 Å². The van der Waals surface area contributed by atoms with E-state index in [-0.39, 0.29) is 0 Å². The topological polar surface area (TPSA) is 37.0 Å². The Morgan fingerprint density at radius 2 is 1.88 bits per heavy atom. The molecule has 0 atom stereocenters. The first-order valence-corrected chi connectivity index (χ1v) is 12.0. The number of benzene rings is 2. The van der Waals surface area contributed by atoms with Gasteiger partial charge in [0, 0.05) is 32.7 Å². The highest BCUT2D eigenvalue weighted by molar-refractivity contribution is 7.80. The molecule has 3 rings (SSSR count). The van der Waals surface area contributed by atoms with Crippen LogP contribution in [0, 0.1) is 6.92 Å². The molecule has 1 aliphatic rings. The van der Waals surface area contributed by atoms with E-state index in [1.54, 1.807) is 7.11 Å². The van der Waals surface area contributed by atoms with Gasteiger partial charge >= 0.3 is 0 Å². The maximum absolute atomic E-state index is 5.86. The third-order valence-corrected chi connectivity index (χ3v) is 6.27. The molecule has 1 N–H and O–H groups in total. The van der Waals surface area contributed by atoms with Gasteiger partial charge in [-0.3, -0.25) is 4.90 Å². The van der Waals surface area contributed by atoms with Gasteiger partial charge in [0.1, 0.15) is 5.75 Å². The van der Waals surface area contributed by atoms with E-state index in [0.717, 1.165) is 74.5 Å². The van der Waals surface area contributed by atoms with Gasteiger partial charge in [-0.15, -0.1) is 0 Å². The van der Waals surface area contributed by atoms with Crippen LogP contribution >= 0.6 is 12.2 Å². The molecule has 0 bridgehead atoms. The maximum atomic E-state index is 5.86. The highest BCUT2D eigenvalue weighted by Crippen LogP contribution is 2.26. The Hall–Kier alpha value is -2.15. The van der Waals surface area contributed by atoms with Crippen molar-refractivity contribution in [3.05, 3.63) is 59.2 Å². The van der Waals surface area contributed by atoms with E-state index in [2.05, 4.69) is 66.2 Å². The second kappa shape index (κ2) is 12.2. The van der Waals surface area contributed by atoms with Crippen LogP contribution in [0.5, 0.6) is 5.75 Å². The summed E-state index contributed by atoms with van der Waals surface area (Å²) in [6, 6.07) is 15.0. The van der Waals surface area contributed by atoms with Crippen molar-refractivity contribution < 1.29 is 9.47 Å². The molecular formula is C26H37N3O2S. The van der Waals surface area contributed by atoms with Crippen LogP contribution in [-0.2, 0) is 11.3 Å². The minimum Gasteiger partial charge on any atom is -0.495 e. The van der Waals surface area contributed by atoms with Crippen LogP contribution in [0.3, 0.4) is 0 Å². The summed E-state index contributed by atoms with van der Waals surface area (Å²) in [5.41, 5.74) is 4.68. The van der Waals surface area contributed by atoms with Gasteiger partial charge in [0.2, 0.25) is 0 Å². The molecule has 1 aliphatic heterocycles. The lowest BCUT2D eigenvalue weighted by Gasteiger charge is -2.30. The van der Waals surface area contributed by atoms with Gasteiger partial charge in [-0.05, 0) is 60.3 Å². The average molecular weight is 456 g/mol. The van der Waals surface area contributed by atoms with Crippen LogP contribution in [0.4, 0.5) is 5.69 Å². The summed E-state index contributed by atoms with van der Waals surface area (Å²) in [7, 11) is 1.69. The van der Waals surface area contributed by atoms with Crippen molar-refractivity contribution in [2.24, 2.45) is 0 Å². The van der Waals surface area contributed by atoms with Crippen LogP contribution in [0.1, 0.15) is 42.9 Å². The summed E-state index contributed by atoms with van der Waals surface area (Å²) < 4.78 is 11.0. The lowest BCUT2D eigenvalue weighted by atomic mass is 10.0. The molecule has 1 fully saturated rings. The third kappa shape index (κ3) is 7.19. The predicted molar refractivity (Wildman–Crippen MR) is 137 cm³/mol. The molecular weight excluding hydrogens is 418 g/mol. The molecule has 1 heterocycles. The molecule has 2 aromatic carbocycles. The molecule has 174 valence electrons. The normalized spacial score (nSPS) is 14.4. The number of nitrogens with one attached hydrogen (secondary N) is 1. The van der Waals surface area contributed by atoms with E-state index in [1.165, 1.54) is 11.1 Å². The van der Waals surface area contributed by atoms with Crippen LogP contribution < -0.4 is 10.1 Å². The zero-order valence-electron chi connectivity index (χ0n) is 19.9. The molecule has 2 aromatic rings. The first kappa shape index (κ1) is 24.5. The number of hydrogen-bond donors (Lipinski definition) is 1. The summed E-state index contributed by atoms with van der Waals surface area (Å²) in [4.78, 5) is 4.73. The van der Waals surface area contributed by atoms with Crippen molar-refractivity contribution in [2.75, 3.05) is 51.8 Å². The number of morpholine rings is 1. The second-order valence-electron chi connectivity index (χ2n) is 8.76. The van der Waals surface area contributed by atoms with E-state index >= 15 is 0 Å². The standard InChI is InChI=1S/C26H37N3O2S/c1-20(2)23-9-7-22(8-10-23)19-29(13-5-12-28-14-16-31-17-15-28)26(32)27-24-11-6-21(3)18-25(24)30-4/h6-11,18,20H,5,12-17,19H2,1-4H3,(H,27,32). The van der Waals surface area contributed by atoms with E-state index < -0.39 is 0 Å². The van der Waals surface area contributed by atoms with Gasteiger partial charge in [0.15, 0.2) is 5.11 Å². The maximum Gasteiger partial charge on any atom is 0.173 e. The SMILES string of the molecule is COc1cc(C)ccc1NC(=S)N(CCCN1CCOCC1)Cc1ccc(C(C)C)cc1. The average Bonchev–Trinajstić information content (AvgIpc) is 2.80. The van der Waals surface area contributed by atoms with Crippen LogP contribution in [-0.4, -0.2) is 61.4 Å². The van der Waals surface area contributed by atoms with Crippen molar-refractivity contribution in [1.29, 1.82) is 0 Å². The number of aryl methyl sites for hydroxylation is 1. The van der Waals surface area contributed by atoms with E-state index in [4.69, 9.17) is 21.7 Å². The van der Waals surface area contributed by atoms with Gasteiger partial charge in [0.25, 0.3) is 0 Å². The van der Waals surface area contributed by atoms with Crippen molar-refractivity contribution in [1.82, 2.24) is 9.80 Å². The number of nitrogens with zero attached hydrogens (tertiary/aromatic N) is 2. The van der Waals surface area contributed by atoms with Crippen molar-refractivity contribution in [3.63, 3.8) is 0 Å². The fourth-order valence-corrected chi connectivity index (χ4v) is 4.15. The van der Waals surface area contributed by atoms with Gasteiger partial charge < -0.3 is 19.7 Å². The first-order chi connectivity index (χ1) is 15.5. The molecule has 0 saturated carbocycles. The number of ether oxygens (including phenoxy) is 2. The van der Waals surface area contributed by atoms with E-state index in [1.807, 2.05) is 12.1 Å². The summed E-state index contributed by atoms with van der Waals surface area (Å²) >= 11 is 5.86. The van der Waals surface area contributed by atoms with Gasteiger partial charge in [-0.25, -0.2) is 0 Å². The fourth-order valence-electron chi connectivity index (χ4n) is 3.89. The Bertz CT molecular complexity index is 864. The minimum absolute atomic E-state index is 0.533. The van der Waals surface area contributed by atoms with E-state index in [0.29, 0.717) is 5.92 Å². The fraction of sp³-hybridized carbons (Fsp3) is 0.500. The number of methoxy groups -OCH3 is 1. The first-order valence-electron chi connectivity index (χ1n) is 11.6. The smallest absolute Gasteiger partial charge is 0.173 e. The second-order valence-corrected chi connectivity index (χ2v) is 9.15. The van der Waals surface area contributed by atoms with Crippen molar-refractivity contribution in [3.8, 4) is 5.75 Å². The van der Waals surface area contributed by atoms with E-state index in [9.17, 15) is 0 Å². The van der Waals surface area contributed by atoms with Gasteiger partial charge in [-0.1, -0.05) is 44.2 Å². The molecule has 0 aliphatic carbocycles. The molecule has 32 heavy (non-hydrogen) atoms. The molecule has 0 unspecified atom stereocenters. The number of rotatable bonds is 9. The third-order valence-electron chi connectivity index (χ3n) is 5.91. The summed E-state index contributed by atoms with van der Waals surface area (Å²) in [5.74, 6) is 1.34. The highest BCUT2D eigenvalue weighted by Gasteiger charge is 2.15. The van der Waals surface area contributed by atoms with Crippen molar-refractivity contribution in [2.45, 2.75) is 39.7 Å². The molecule has 0 radical (unpaired) electrons. The van der Waals surface area contributed by atoms with Crippen LogP contribution in [0.2, 0.25) is 0 Å². The number of thiocarbonyl (C=S) groups is 1. The molecule has 0 aromatic heterocycles. The Balaban J connectivity index is 1.68. The Kier molecular flexibility index (Phi) is 9.33. The highest BCUT2D eigenvalue weighted by atomic mass is 32.1. The lowest BCUT2D eigenvalue weighted by molar-refractivity contribution is 0.0368.